The van der Waals surface area contributed by atoms with Crippen molar-refractivity contribution in [1.82, 2.24) is 10.3 Å². The molecule has 0 aliphatic rings. The highest BCUT2D eigenvalue weighted by atomic mass is 16.5. The van der Waals surface area contributed by atoms with E-state index in [2.05, 4.69) is 10.3 Å². The molecule has 1 N–H and O–H groups in total. The van der Waals surface area contributed by atoms with E-state index in [9.17, 15) is 4.79 Å². The van der Waals surface area contributed by atoms with Crippen LogP contribution in [0.2, 0.25) is 0 Å². The van der Waals surface area contributed by atoms with Crippen molar-refractivity contribution in [3.63, 3.8) is 0 Å². The van der Waals surface area contributed by atoms with Gasteiger partial charge in [-0.15, -0.1) is 0 Å². The smallest absolute Gasteiger partial charge is 0.314 e. The van der Waals surface area contributed by atoms with Crippen LogP contribution in [0.3, 0.4) is 0 Å². The highest BCUT2D eigenvalue weighted by Gasteiger charge is 2.20. The monoisotopic (exact) mass is 284 g/mol. The molecule has 4 heteroatoms. The van der Waals surface area contributed by atoms with E-state index in [1.54, 1.807) is 6.20 Å². The van der Waals surface area contributed by atoms with Crippen LogP contribution >= 0.6 is 0 Å². The first-order valence-corrected chi connectivity index (χ1v) is 6.95. The van der Waals surface area contributed by atoms with Gasteiger partial charge < -0.3 is 10.1 Å². The summed E-state index contributed by atoms with van der Waals surface area (Å²) < 4.78 is 4.90. The van der Waals surface area contributed by atoms with Crippen molar-refractivity contribution in [3.8, 4) is 0 Å². The molecule has 1 aromatic heterocycles. The molecule has 0 bridgehead atoms. The van der Waals surface area contributed by atoms with Gasteiger partial charge in [0, 0.05) is 25.5 Å². The minimum Gasteiger partial charge on any atom is -0.469 e. The number of rotatable bonds is 6. The first-order valence-electron chi connectivity index (χ1n) is 6.95. The average Bonchev–Trinajstić information content (AvgIpc) is 2.53. The van der Waals surface area contributed by atoms with Crippen LogP contribution in [-0.4, -0.2) is 24.6 Å². The van der Waals surface area contributed by atoms with E-state index in [1.807, 2.05) is 49.5 Å². The predicted molar refractivity (Wildman–Crippen MR) is 81.9 cm³/mol. The molecule has 0 radical (unpaired) electrons. The molecule has 0 spiro atoms. The average molecular weight is 284 g/mol. The van der Waals surface area contributed by atoms with Crippen molar-refractivity contribution in [1.29, 1.82) is 0 Å². The molecule has 0 saturated carbocycles. The van der Waals surface area contributed by atoms with E-state index in [0.29, 0.717) is 13.1 Å². The number of nitrogens with zero attached hydrogens (tertiary/aromatic N) is 1. The number of pyridine rings is 1. The summed E-state index contributed by atoms with van der Waals surface area (Å²) in [6, 6.07) is 11.7. The molecule has 1 aromatic carbocycles. The Morgan fingerprint density at radius 3 is 2.71 bits per heavy atom. The summed E-state index contributed by atoms with van der Waals surface area (Å²) in [5, 5.41) is 3.33. The Morgan fingerprint density at radius 2 is 2.05 bits per heavy atom. The molecular weight excluding hydrogens is 264 g/mol. The van der Waals surface area contributed by atoms with Gasteiger partial charge in [-0.05, 0) is 29.7 Å². The molecule has 2 rings (SSSR count). The molecule has 0 saturated heterocycles. The Balaban J connectivity index is 2.00. The van der Waals surface area contributed by atoms with E-state index < -0.39 is 0 Å². The Kier molecular flexibility index (Phi) is 5.46. The summed E-state index contributed by atoms with van der Waals surface area (Å²) in [4.78, 5) is 16.0. The number of ether oxygens (including phenoxy) is 1. The summed E-state index contributed by atoms with van der Waals surface area (Å²) in [7, 11) is 1.42. The molecule has 21 heavy (non-hydrogen) atoms. The zero-order valence-corrected chi connectivity index (χ0v) is 12.4. The fourth-order valence-corrected chi connectivity index (χ4v) is 2.22. The van der Waals surface area contributed by atoms with Crippen LogP contribution in [0.4, 0.5) is 0 Å². The Labute approximate surface area is 125 Å². The van der Waals surface area contributed by atoms with E-state index in [-0.39, 0.29) is 11.9 Å². The molecule has 0 aliphatic heterocycles. The fraction of sp³-hybridized carbons (Fsp3) is 0.294. The summed E-state index contributed by atoms with van der Waals surface area (Å²) >= 11 is 0. The van der Waals surface area contributed by atoms with Gasteiger partial charge in [-0.1, -0.05) is 30.3 Å². The third-order valence-corrected chi connectivity index (χ3v) is 3.49. The number of hydrogen-bond donors (Lipinski definition) is 1. The van der Waals surface area contributed by atoms with Crippen LogP contribution in [0.5, 0.6) is 0 Å². The number of nitrogens with one attached hydrogen (secondary N) is 1. The standard InChI is InChI=1S/C17H20N2O2/c1-13-10-18-9-8-15(13)11-19-12-16(17(20)21-2)14-6-4-3-5-7-14/h3-10,16,19H,11-12H2,1-2H3. The van der Waals surface area contributed by atoms with Gasteiger partial charge in [0.25, 0.3) is 0 Å². The second-order valence-corrected chi connectivity index (χ2v) is 4.92. The SMILES string of the molecule is COC(=O)C(CNCc1ccncc1C)c1ccccc1. The normalized spacial score (nSPS) is 11.9. The third kappa shape index (κ3) is 4.13. The van der Waals surface area contributed by atoms with Crippen LogP contribution < -0.4 is 5.32 Å². The maximum atomic E-state index is 11.9. The zero-order chi connectivity index (χ0) is 15.1. The lowest BCUT2D eigenvalue weighted by molar-refractivity contribution is -0.142. The summed E-state index contributed by atoms with van der Waals surface area (Å²) in [5.41, 5.74) is 3.28. The molecular formula is C17H20N2O2. The number of carbonyl (C=O) groups is 1. The minimum absolute atomic E-state index is 0.222. The lowest BCUT2D eigenvalue weighted by Gasteiger charge is -2.16. The largest absolute Gasteiger partial charge is 0.469 e. The van der Waals surface area contributed by atoms with Crippen molar-refractivity contribution < 1.29 is 9.53 Å². The lowest BCUT2D eigenvalue weighted by atomic mass is 9.99. The molecule has 110 valence electrons. The van der Waals surface area contributed by atoms with Gasteiger partial charge in [0.1, 0.15) is 0 Å². The number of carbonyl (C=O) groups excluding carboxylic acids is 1. The van der Waals surface area contributed by atoms with Crippen LogP contribution in [0.25, 0.3) is 0 Å². The van der Waals surface area contributed by atoms with Gasteiger partial charge in [-0.3, -0.25) is 9.78 Å². The molecule has 2 aromatic rings. The van der Waals surface area contributed by atoms with E-state index in [0.717, 1.165) is 11.1 Å². The van der Waals surface area contributed by atoms with Crippen LogP contribution in [0, 0.1) is 6.92 Å². The number of aryl methyl sites for hydroxylation is 1. The van der Waals surface area contributed by atoms with Crippen molar-refractivity contribution >= 4 is 5.97 Å². The first kappa shape index (κ1) is 15.2. The van der Waals surface area contributed by atoms with Crippen molar-refractivity contribution in [3.05, 3.63) is 65.5 Å². The maximum absolute atomic E-state index is 11.9. The molecule has 0 amide bonds. The van der Waals surface area contributed by atoms with Crippen LogP contribution in [0.1, 0.15) is 22.6 Å². The van der Waals surface area contributed by atoms with E-state index in [4.69, 9.17) is 4.74 Å². The van der Waals surface area contributed by atoms with Crippen LogP contribution in [0.15, 0.2) is 48.8 Å². The van der Waals surface area contributed by atoms with Gasteiger partial charge in [0.2, 0.25) is 0 Å². The second-order valence-electron chi connectivity index (χ2n) is 4.92. The molecule has 1 unspecified atom stereocenters. The van der Waals surface area contributed by atoms with Gasteiger partial charge >= 0.3 is 5.97 Å². The highest BCUT2D eigenvalue weighted by molar-refractivity contribution is 5.78. The van der Waals surface area contributed by atoms with Crippen molar-refractivity contribution in [2.75, 3.05) is 13.7 Å². The fourth-order valence-electron chi connectivity index (χ4n) is 2.22. The Morgan fingerprint density at radius 1 is 1.29 bits per heavy atom. The molecule has 0 aliphatic carbocycles. The van der Waals surface area contributed by atoms with E-state index in [1.165, 1.54) is 12.7 Å². The van der Waals surface area contributed by atoms with Gasteiger partial charge in [-0.2, -0.15) is 0 Å². The van der Waals surface area contributed by atoms with Crippen molar-refractivity contribution in [2.24, 2.45) is 0 Å². The van der Waals surface area contributed by atoms with Crippen LogP contribution in [-0.2, 0) is 16.1 Å². The first-order chi connectivity index (χ1) is 10.2. The van der Waals surface area contributed by atoms with Crippen molar-refractivity contribution in [2.45, 2.75) is 19.4 Å². The van der Waals surface area contributed by atoms with E-state index >= 15 is 0 Å². The number of esters is 1. The topological polar surface area (TPSA) is 51.2 Å². The predicted octanol–water partition coefficient (Wildman–Crippen LogP) is 2.44. The highest BCUT2D eigenvalue weighted by Crippen LogP contribution is 2.16. The zero-order valence-electron chi connectivity index (χ0n) is 12.4. The number of methoxy groups -OCH3 is 1. The molecule has 1 heterocycles. The quantitative estimate of drug-likeness (QED) is 0.828. The second kappa shape index (κ2) is 7.55. The minimum atomic E-state index is -0.293. The summed E-state index contributed by atoms with van der Waals surface area (Å²) in [5.74, 6) is -0.515. The molecule has 0 fully saturated rings. The number of hydrogen-bond acceptors (Lipinski definition) is 4. The number of benzene rings is 1. The lowest BCUT2D eigenvalue weighted by Crippen LogP contribution is -2.27. The summed E-state index contributed by atoms with van der Waals surface area (Å²) in [6.45, 7) is 3.27. The molecule has 1 atom stereocenters. The third-order valence-electron chi connectivity index (χ3n) is 3.49. The summed E-state index contributed by atoms with van der Waals surface area (Å²) in [6.07, 6.45) is 3.62. The van der Waals surface area contributed by atoms with Gasteiger partial charge in [0.05, 0.1) is 13.0 Å². The van der Waals surface area contributed by atoms with Gasteiger partial charge in [-0.25, -0.2) is 0 Å². The van der Waals surface area contributed by atoms with Gasteiger partial charge in [0.15, 0.2) is 0 Å². The molecule has 4 nitrogen and oxygen atoms in total. The Bertz CT molecular complexity index is 584. The Hall–Kier alpha value is -2.20. The maximum Gasteiger partial charge on any atom is 0.314 e. The number of aromatic nitrogens is 1.